The molecule has 0 bridgehead atoms. The first-order valence-corrected chi connectivity index (χ1v) is 12.8. The van der Waals surface area contributed by atoms with Crippen LogP contribution in [0.1, 0.15) is 48.4 Å². The molecule has 6 nitrogen and oxygen atoms in total. The molecular formula is C24H11Cl7N2O4. The lowest BCUT2D eigenvalue weighted by atomic mass is 10.0. The Hall–Kier alpha value is -2.03. The van der Waals surface area contributed by atoms with Crippen LogP contribution in [-0.2, 0) is 0 Å². The number of fused-ring (bicyclic) bond motifs is 1. The molecule has 13 heteroatoms. The van der Waals surface area contributed by atoms with Crippen molar-refractivity contribution in [1.82, 2.24) is 10.0 Å². The quantitative estimate of drug-likeness (QED) is 0.122. The standard InChI is InChI=1S/C24H11Cl7N2O4/c1-9(21(34)10-2-4-11(25)5-3-10)32(22(35)13-7-6-12(26)8-14(13)27)33-23(36)15-16(24(33)37)18(29)20(31)19(30)17(15)28/h2-9H,1H3/t9-/m0/s1. The zero-order valence-electron chi connectivity index (χ0n) is 18.3. The van der Waals surface area contributed by atoms with Gasteiger partial charge in [0, 0.05) is 15.6 Å². The van der Waals surface area contributed by atoms with E-state index in [0.717, 1.165) is 0 Å². The monoisotopic (exact) mass is 636 g/mol. The molecule has 3 amide bonds. The van der Waals surface area contributed by atoms with Gasteiger partial charge in [-0.3, -0.25) is 19.2 Å². The van der Waals surface area contributed by atoms with Crippen molar-refractivity contribution in [2.75, 3.05) is 0 Å². The minimum atomic E-state index is -1.40. The number of hydrogen-bond donors (Lipinski definition) is 0. The number of halogens is 7. The highest BCUT2D eigenvalue weighted by atomic mass is 35.5. The van der Waals surface area contributed by atoms with Crippen molar-refractivity contribution in [1.29, 1.82) is 0 Å². The molecule has 0 saturated heterocycles. The van der Waals surface area contributed by atoms with Gasteiger partial charge in [0.1, 0.15) is 6.04 Å². The van der Waals surface area contributed by atoms with Gasteiger partial charge in [-0.05, 0) is 49.4 Å². The second kappa shape index (κ2) is 10.6. The van der Waals surface area contributed by atoms with Crippen LogP contribution in [0.4, 0.5) is 0 Å². The smallest absolute Gasteiger partial charge is 0.282 e. The van der Waals surface area contributed by atoms with Crippen molar-refractivity contribution in [2.24, 2.45) is 0 Å². The number of hydrogen-bond acceptors (Lipinski definition) is 4. The fraction of sp³-hybridized carbons (Fsp3) is 0.0833. The van der Waals surface area contributed by atoms with Gasteiger partial charge in [-0.25, -0.2) is 5.01 Å². The van der Waals surface area contributed by atoms with Crippen LogP contribution in [0.5, 0.6) is 0 Å². The predicted octanol–water partition coefficient (Wildman–Crippen LogP) is 8.19. The molecule has 0 spiro atoms. The maximum absolute atomic E-state index is 13.8. The highest BCUT2D eigenvalue weighted by Crippen LogP contribution is 2.45. The summed E-state index contributed by atoms with van der Waals surface area (Å²) >= 11 is 42.8. The summed E-state index contributed by atoms with van der Waals surface area (Å²) in [6.45, 7) is 1.34. The number of Topliss-reactive ketones (excluding diaryl/α,β-unsaturated/α-hetero) is 1. The molecule has 0 radical (unpaired) electrons. The van der Waals surface area contributed by atoms with Crippen LogP contribution in [0.3, 0.4) is 0 Å². The van der Waals surface area contributed by atoms with Crippen LogP contribution in [0, 0.1) is 0 Å². The average molecular weight is 640 g/mol. The number of carbonyl (C=O) groups excluding carboxylic acids is 4. The summed E-state index contributed by atoms with van der Waals surface area (Å²) in [6.07, 6.45) is 0. The van der Waals surface area contributed by atoms with Gasteiger partial charge < -0.3 is 0 Å². The van der Waals surface area contributed by atoms with E-state index in [1.54, 1.807) is 0 Å². The Bertz CT molecular complexity index is 1460. The fourth-order valence-corrected chi connectivity index (χ4v) is 5.36. The summed E-state index contributed by atoms with van der Waals surface area (Å²) in [5.74, 6) is -3.64. The third kappa shape index (κ3) is 4.81. The summed E-state index contributed by atoms with van der Waals surface area (Å²) in [6, 6.07) is 8.43. The molecule has 190 valence electrons. The third-order valence-electron chi connectivity index (χ3n) is 5.54. The summed E-state index contributed by atoms with van der Waals surface area (Å²) in [7, 11) is 0. The second-order valence-electron chi connectivity index (χ2n) is 7.75. The number of benzene rings is 3. The minimum absolute atomic E-state index is 0.0765. The lowest BCUT2D eigenvalue weighted by Crippen LogP contribution is -2.56. The highest BCUT2D eigenvalue weighted by Gasteiger charge is 2.48. The Labute approximate surface area is 245 Å². The zero-order chi connectivity index (χ0) is 27.3. The molecule has 37 heavy (non-hydrogen) atoms. The van der Waals surface area contributed by atoms with Crippen molar-refractivity contribution < 1.29 is 19.2 Å². The Morgan fingerprint density at radius 3 is 1.70 bits per heavy atom. The Morgan fingerprint density at radius 2 is 1.22 bits per heavy atom. The van der Waals surface area contributed by atoms with Crippen LogP contribution in [0.2, 0.25) is 35.2 Å². The number of carbonyl (C=O) groups is 4. The van der Waals surface area contributed by atoms with Crippen LogP contribution in [-0.4, -0.2) is 39.6 Å². The van der Waals surface area contributed by atoms with Crippen LogP contribution in [0.25, 0.3) is 0 Å². The minimum Gasteiger partial charge on any atom is -0.292 e. The molecule has 3 aromatic rings. The van der Waals surface area contributed by atoms with E-state index >= 15 is 0 Å². The van der Waals surface area contributed by atoms with Gasteiger partial charge in [-0.2, -0.15) is 5.01 Å². The molecule has 0 N–H and O–H groups in total. The molecule has 0 aliphatic carbocycles. The first-order valence-electron chi connectivity index (χ1n) is 10.2. The maximum Gasteiger partial charge on any atom is 0.282 e. The third-order valence-corrected chi connectivity index (χ3v) is 8.14. The number of amides is 3. The molecule has 0 fully saturated rings. The molecular weight excluding hydrogens is 628 g/mol. The lowest BCUT2D eigenvalue weighted by Gasteiger charge is -2.34. The van der Waals surface area contributed by atoms with E-state index in [-0.39, 0.29) is 52.4 Å². The van der Waals surface area contributed by atoms with E-state index in [1.807, 2.05) is 0 Å². The van der Waals surface area contributed by atoms with Gasteiger partial charge in [-0.15, -0.1) is 0 Å². The van der Waals surface area contributed by atoms with Crippen LogP contribution >= 0.6 is 81.2 Å². The summed E-state index contributed by atoms with van der Waals surface area (Å²) in [5, 5.41) is 0.531. The molecule has 3 aromatic carbocycles. The number of rotatable bonds is 5. The highest BCUT2D eigenvalue weighted by molar-refractivity contribution is 6.55. The van der Waals surface area contributed by atoms with Gasteiger partial charge in [0.25, 0.3) is 17.7 Å². The average Bonchev–Trinajstić information content (AvgIpc) is 3.11. The Kier molecular flexibility index (Phi) is 8.03. The normalized spacial score (nSPS) is 13.6. The number of imide groups is 1. The molecule has 0 aromatic heterocycles. The molecule has 4 rings (SSSR count). The summed E-state index contributed by atoms with van der Waals surface area (Å²) in [5.41, 5.74) is -0.697. The topological polar surface area (TPSA) is 74.8 Å². The molecule has 1 atom stereocenters. The van der Waals surface area contributed by atoms with Crippen LogP contribution < -0.4 is 0 Å². The number of ketones is 1. The van der Waals surface area contributed by atoms with Crippen molar-refractivity contribution in [3.05, 3.63) is 99.9 Å². The largest absolute Gasteiger partial charge is 0.292 e. The van der Waals surface area contributed by atoms with E-state index in [0.29, 0.717) is 15.0 Å². The first kappa shape index (κ1) is 28.0. The van der Waals surface area contributed by atoms with Crippen molar-refractivity contribution in [3.63, 3.8) is 0 Å². The number of nitrogens with zero attached hydrogens (tertiary/aromatic N) is 2. The molecule has 1 heterocycles. The first-order chi connectivity index (χ1) is 17.4. The summed E-state index contributed by atoms with van der Waals surface area (Å²) in [4.78, 5) is 54.3. The lowest BCUT2D eigenvalue weighted by molar-refractivity contribution is -0.00679. The fourth-order valence-electron chi connectivity index (χ4n) is 3.73. The molecule has 1 aliphatic heterocycles. The van der Waals surface area contributed by atoms with Gasteiger partial charge in [0.05, 0.1) is 41.8 Å². The van der Waals surface area contributed by atoms with Crippen molar-refractivity contribution in [2.45, 2.75) is 13.0 Å². The van der Waals surface area contributed by atoms with Gasteiger partial charge in [0.2, 0.25) is 0 Å². The van der Waals surface area contributed by atoms with E-state index in [2.05, 4.69) is 0 Å². The van der Waals surface area contributed by atoms with E-state index in [1.165, 1.54) is 49.4 Å². The predicted molar refractivity (Wildman–Crippen MR) is 145 cm³/mol. The Balaban J connectivity index is 1.89. The van der Waals surface area contributed by atoms with E-state index < -0.39 is 29.5 Å². The van der Waals surface area contributed by atoms with Crippen molar-refractivity contribution in [3.8, 4) is 0 Å². The van der Waals surface area contributed by atoms with Crippen LogP contribution in [0.15, 0.2) is 42.5 Å². The Morgan fingerprint density at radius 1 is 0.730 bits per heavy atom. The second-order valence-corrected chi connectivity index (χ2v) is 10.5. The summed E-state index contributed by atoms with van der Waals surface area (Å²) < 4.78 is 0. The van der Waals surface area contributed by atoms with E-state index in [9.17, 15) is 19.2 Å². The molecule has 0 unspecified atom stereocenters. The maximum atomic E-state index is 13.8. The molecule has 0 saturated carbocycles. The molecule has 1 aliphatic rings. The zero-order valence-corrected chi connectivity index (χ0v) is 23.6. The SMILES string of the molecule is C[C@@H](C(=O)c1ccc(Cl)cc1)N(C(=O)c1ccc(Cl)cc1Cl)N1C(=O)c2c(Cl)c(Cl)c(Cl)c(Cl)c2C1=O. The van der Waals surface area contributed by atoms with Gasteiger partial charge in [-0.1, -0.05) is 81.2 Å². The van der Waals surface area contributed by atoms with Crippen molar-refractivity contribution >= 4 is 105 Å². The van der Waals surface area contributed by atoms with E-state index in [4.69, 9.17) is 81.2 Å². The van der Waals surface area contributed by atoms with Gasteiger partial charge >= 0.3 is 0 Å². The van der Waals surface area contributed by atoms with Gasteiger partial charge in [0.15, 0.2) is 5.78 Å². The number of hydrazine groups is 1.